The molecule has 1 aromatic carbocycles. The van der Waals surface area contributed by atoms with E-state index in [1.54, 1.807) is 0 Å². The van der Waals surface area contributed by atoms with Gasteiger partial charge in [0.15, 0.2) is 0 Å². The van der Waals surface area contributed by atoms with Gasteiger partial charge in [-0.2, -0.15) is 0 Å². The van der Waals surface area contributed by atoms with E-state index in [-0.39, 0.29) is 23.5 Å². The molecule has 0 spiro atoms. The van der Waals surface area contributed by atoms with Crippen LogP contribution < -0.4 is 0 Å². The SMILES string of the molecule is C[C@]12C[C@@H](O)[C@@]1(CO)Cc1ccccc12. The van der Waals surface area contributed by atoms with E-state index >= 15 is 0 Å². The molecule has 1 aromatic rings. The second kappa shape index (κ2) is 2.63. The maximum Gasteiger partial charge on any atom is 0.0638 e. The first-order valence-electron chi connectivity index (χ1n) is 5.51. The summed E-state index contributed by atoms with van der Waals surface area (Å²) in [6, 6.07) is 8.33. The zero-order valence-corrected chi connectivity index (χ0v) is 8.90. The van der Waals surface area contributed by atoms with Crippen LogP contribution in [0.2, 0.25) is 0 Å². The first kappa shape index (κ1) is 9.37. The smallest absolute Gasteiger partial charge is 0.0638 e. The predicted molar refractivity (Wildman–Crippen MR) is 57.6 cm³/mol. The lowest BCUT2D eigenvalue weighted by atomic mass is 9.49. The summed E-state index contributed by atoms with van der Waals surface area (Å²) in [5, 5.41) is 19.5. The molecule has 2 aliphatic rings. The summed E-state index contributed by atoms with van der Waals surface area (Å²) < 4.78 is 0. The van der Waals surface area contributed by atoms with Crippen LogP contribution in [0.1, 0.15) is 24.5 Å². The third kappa shape index (κ3) is 0.837. The van der Waals surface area contributed by atoms with E-state index in [9.17, 15) is 10.2 Å². The third-order valence-corrected chi connectivity index (χ3v) is 4.74. The number of hydrogen-bond acceptors (Lipinski definition) is 2. The molecule has 0 bridgehead atoms. The number of hydrogen-bond donors (Lipinski definition) is 2. The van der Waals surface area contributed by atoms with E-state index in [4.69, 9.17) is 0 Å². The Morgan fingerprint density at radius 1 is 1.40 bits per heavy atom. The van der Waals surface area contributed by atoms with Gasteiger partial charge in [0, 0.05) is 10.8 Å². The number of aliphatic hydroxyl groups excluding tert-OH is 2. The molecule has 0 radical (unpaired) electrons. The van der Waals surface area contributed by atoms with Crippen molar-refractivity contribution in [2.75, 3.05) is 6.61 Å². The molecule has 2 aliphatic carbocycles. The van der Waals surface area contributed by atoms with Crippen LogP contribution in [0.25, 0.3) is 0 Å². The summed E-state index contributed by atoms with van der Waals surface area (Å²) in [5.41, 5.74) is 2.30. The molecule has 0 unspecified atom stereocenters. The van der Waals surface area contributed by atoms with Gasteiger partial charge in [0.2, 0.25) is 0 Å². The van der Waals surface area contributed by atoms with Crippen molar-refractivity contribution >= 4 is 0 Å². The molecule has 0 heterocycles. The zero-order valence-electron chi connectivity index (χ0n) is 8.90. The van der Waals surface area contributed by atoms with E-state index in [1.165, 1.54) is 11.1 Å². The number of benzene rings is 1. The van der Waals surface area contributed by atoms with Gasteiger partial charge in [-0.1, -0.05) is 31.2 Å². The largest absolute Gasteiger partial charge is 0.396 e. The summed E-state index contributed by atoms with van der Waals surface area (Å²) in [6.45, 7) is 2.25. The Balaban J connectivity index is 2.16. The van der Waals surface area contributed by atoms with Crippen LogP contribution in [-0.2, 0) is 11.8 Å². The summed E-state index contributed by atoms with van der Waals surface area (Å²) in [4.78, 5) is 0. The highest BCUT2D eigenvalue weighted by Crippen LogP contribution is 2.64. The minimum Gasteiger partial charge on any atom is -0.396 e. The Morgan fingerprint density at radius 2 is 2.13 bits per heavy atom. The molecule has 2 heteroatoms. The van der Waals surface area contributed by atoms with Crippen molar-refractivity contribution in [3.8, 4) is 0 Å². The second-order valence-corrected chi connectivity index (χ2v) is 5.20. The van der Waals surface area contributed by atoms with Crippen molar-refractivity contribution in [1.29, 1.82) is 0 Å². The van der Waals surface area contributed by atoms with E-state index in [2.05, 4.69) is 19.1 Å². The van der Waals surface area contributed by atoms with Crippen LogP contribution in [0.5, 0.6) is 0 Å². The average Bonchev–Trinajstić information content (AvgIpc) is 2.45. The maximum atomic E-state index is 9.95. The highest BCUT2D eigenvalue weighted by molar-refractivity contribution is 5.47. The van der Waals surface area contributed by atoms with E-state index < -0.39 is 0 Å². The molecule has 3 rings (SSSR count). The Kier molecular flexibility index (Phi) is 1.64. The van der Waals surface area contributed by atoms with Gasteiger partial charge in [0.25, 0.3) is 0 Å². The standard InChI is InChI=1S/C13H16O2/c1-12-7-11(15)13(12,8-14)6-9-4-2-3-5-10(9)12/h2-5,11,14-15H,6-8H2,1H3/t11-,12-,13+/m1/s1. The maximum absolute atomic E-state index is 9.95. The lowest BCUT2D eigenvalue weighted by Crippen LogP contribution is -2.63. The average molecular weight is 204 g/mol. The van der Waals surface area contributed by atoms with E-state index in [0.29, 0.717) is 0 Å². The fourth-order valence-corrected chi connectivity index (χ4v) is 3.60. The van der Waals surface area contributed by atoms with Crippen molar-refractivity contribution in [2.45, 2.75) is 31.3 Å². The van der Waals surface area contributed by atoms with Gasteiger partial charge in [0.05, 0.1) is 12.7 Å². The third-order valence-electron chi connectivity index (χ3n) is 4.74. The minimum atomic E-state index is -0.347. The molecular weight excluding hydrogens is 188 g/mol. The van der Waals surface area contributed by atoms with Crippen LogP contribution in [0, 0.1) is 5.41 Å². The second-order valence-electron chi connectivity index (χ2n) is 5.20. The zero-order chi connectivity index (χ0) is 10.7. The van der Waals surface area contributed by atoms with Crippen molar-refractivity contribution in [1.82, 2.24) is 0 Å². The van der Waals surface area contributed by atoms with Gasteiger partial charge < -0.3 is 10.2 Å². The molecule has 0 aliphatic heterocycles. The minimum absolute atomic E-state index is 0.0161. The molecule has 2 N–H and O–H groups in total. The molecule has 0 amide bonds. The Labute approximate surface area is 89.6 Å². The van der Waals surface area contributed by atoms with Crippen molar-refractivity contribution in [2.24, 2.45) is 5.41 Å². The van der Waals surface area contributed by atoms with Crippen molar-refractivity contribution < 1.29 is 10.2 Å². The molecule has 15 heavy (non-hydrogen) atoms. The van der Waals surface area contributed by atoms with Gasteiger partial charge in [0.1, 0.15) is 0 Å². The summed E-state index contributed by atoms with van der Waals surface area (Å²) in [5.74, 6) is 0. The first-order valence-corrected chi connectivity index (χ1v) is 5.51. The highest BCUT2D eigenvalue weighted by Gasteiger charge is 2.66. The monoisotopic (exact) mass is 204 g/mol. The van der Waals surface area contributed by atoms with Gasteiger partial charge in [-0.05, 0) is 24.0 Å². The van der Waals surface area contributed by atoms with Gasteiger partial charge in [-0.15, -0.1) is 0 Å². The molecule has 1 saturated carbocycles. The van der Waals surface area contributed by atoms with Crippen molar-refractivity contribution in [3.05, 3.63) is 35.4 Å². The summed E-state index contributed by atoms with van der Waals surface area (Å²) in [7, 11) is 0. The van der Waals surface area contributed by atoms with Gasteiger partial charge >= 0.3 is 0 Å². The molecule has 0 saturated heterocycles. The van der Waals surface area contributed by atoms with Gasteiger partial charge in [-0.25, -0.2) is 0 Å². The molecule has 0 aromatic heterocycles. The summed E-state index contributed by atoms with van der Waals surface area (Å²) in [6.07, 6.45) is 1.25. The quantitative estimate of drug-likeness (QED) is 0.722. The molecule has 2 nitrogen and oxygen atoms in total. The molecule has 3 atom stereocenters. The molecular formula is C13H16O2. The number of aliphatic hydroxyl groups is 2. The van der Waals surface area contributed by atoms with Crippen LogP contribution in [0.15, 0.2) is 24.3 Å². The van der Waals surface area contributed by atoms with Crippen LogP contribution in [-0.4, -0.2) is 22.9 Å². The topological polar surface area (TPSA) is 40.5 Å². The molecule has 80 valence electrons. The van der Waals surface area contributed by atoms with E-state index in [1.807, 2.05) is 12.1 Å². The lowest BCUT2D eigenvalue weighted by molar-refractivity contribution is -0.151. The normalized spacial score (nSPS) is 41.9. The fraction of sp³-hybridized carbons (Fsp3) is 0.538. The van der Waals surface area contributed by atoms with Crippen molar-refractivity contribution in [3.63, 3.8) is 0 Å². The lowest BCUT2D eigenvalue weighted by Gasteiger charge is -2.57. The van der Waals surface area contributed by atoms with Gasteiger partial charge in [-0.3, -0.25) is 0 Å². The summed E-state index contributed by atoms with van der Waals surface area (Å²) >= 11 is 0. The Hall–Kier alpha value is -0.860. The fourth-order valence-electron chi connectivity index (χ4n) is 3.60. The Bertz CT molecular complexity index is 415. The number of rotatable bonds is 1. The van der Waals surface area contributed by atoms with E-state index in [0.717, 1.165) is 12.8 Å². The number of fused-ring (bicyclic) bond motifs is 3. The predicted octanol–water partition coefficient (Wildman–Crippen LogP) is 1.24. The highest BCUT2D eigenvalue weighted by atomic mass is 16.3. The van der Waals surface area contributed by atoms with Crippen LogP contribution in [0.4, 0.5) is 0 Å². The Morgan fingerprint density at radius 3 is 2.80 bits per heavy atom. The van der Waals surface area contributed by atoms with Crippen LogP contribution >= 0.6 is 0 Å². The first-order chi connectivity index (χ1) is 7.14. The van der Waals surface area contributed by atoms with Crippen LogP contribution in [0.3, 0.4) is 0 Å². The molecule has 1 fully saturated rings.